The average molecular weight is 623 g/mol. The molecule has 1 aromatic heterocycles. The Kier molecular flexibility index (Phi) is 13.2. The first-order valence-corrected chi connectivity index (χ1v) is 14.8. The van der Waals surface area contributed by atoms with E-state index < -0.39 is 0 Å². The van der Waals surface area contributed by atoms with E-state index in [9.17, 15) is 0 Å². The van der Waals surface area contributed by atoms with Gasteiger partial charge in [0, 0.05) is 16.9 Å². The Morgan fingerprint density at radius 3 is 1.74 bits per heavy atom. The van der Waals surface area contributed by atoms with Crippen molar-refractivity contribution in [2.75, 3.05) is 25.6 Å². The van der Waals surface area contributed by atoms with E-state index in [0.29, 0.717) is 0 Å². The van der Waals surface area contributed by atoms with Crippen LogP contribution in [0.5, 0.6) is 0 Å². The molecule has 0 bridgehead atoms. The van der Waals surface area contributed by atoms with Crippen molar-refractivity contribution in [3.05, 3.63) is 90.3 Å². The molecule has 0 N–H and O–H groups in total. The van der Waals surface area contributed by atoms with Gasteiger partial charge in [-0.15, -0.1) is 63.6 Å². The molecular weight excluding hydrogens is 599 g/mol. The first kappa shape index (κ1) is 26.7. The molecule has 8 heteroatoms. The molecule has 0 amide bonds. The smallest absolute Gasteiger partial charge is 0.0771 e. The molecule has 165 valence electrons. The van der Waals surface area contributed by atoms with E-state index in [-0.39, 0.29) is 0 Å². The van der Waals surface area contributed by atoms with Crippen LogP contribution in [0.2, 0.25) is 0 Å². The fraction of sp³-hybridized carbons (Fsp3) is 0.174. The summed E-state index contributed by atoms with van der Waals surface area (Å²) in [5.74, 6) is 0. The minimum atomic E-state index is 1.02. The summed E-state index contributed by atoms with van der Waals surface area (Å²) < 4.78 is 5.49. The van der Waals surface area contributed by atoms with Gasteiger partial charge in [-0.05, 0) is 53.7 Å². The second kappa shape index (κ2) is 15.3. The molecule has 3 aromatic carbocycles. The van der Waals surface area contributed by atoms with Gasteiger partial charge in [0.15, 0.2) is 0 Å². The Bertz CT molecular complexity index is 959. The molecule has 31 heavy (non-hydrogen) atoms. The summed E-state index contributed by atoms with van der Waals surface area (Å²) in [6.07, 6.45) is 7.69. The normalized spacial score (nSPS) is 13.5. The Morgan fingerprint density at radius 2 is 1.39 bits per heavy atom. The second-order valence-corrected chi connectivity index (χ2v) is 8.84. The summed E-state index contributed by atoms with van der Waals surface area (Å²) in [5, 5.41) is 5.39. The number of nitrogens with zero attached hydrogens (tertiary/aromatic N) is 3. The van der Waals surface area contributed by atoms with E-state index >= 15 is 0 Å². The number of hydrogen-bond donors (Lipinski definition) is 0. The third kappa shape index (κ3) is 8.73. The number of aromatic nitrogens is 1. The number of pyridine rings is 1. The quantitative estimate of drug-likeness (QED) is 0.130. The number of hydrogen-bond acceptors (Lipinski definition) is 5. The predicted octanol–water partition coefficient (Wildman–Crippen LogP) is 7.52. The molecule has 1 saturated heterocycles. The Hall–Kier alpha value is -0.527. The Balaban J connectivity index is 0.000000167. The molecule has 3 nitrogen and oxygen atoms in total. The molecule has 1 fully saturated rings. The summed E-state index contributed by atoms with van der Waals surface area (Å²) in [7, 11) is 4.57. The fourth-order valence-corrected chi connectivity index (χ4v) is 4.25. The summed E-state index contributed by atoms with van der Waals surface area (Å²) in [6, 6.07) is 23.1. The van der Waals surface area contributed by atoms with Crippen LogP contribution in [-0.2, 0) is 17.3 Å². The molecule has 4 aromatic rings. The van der Waals surface area contributed by atoms with Crippen LogP contribution in [-0.4, -0.2) is 39.2 Å². The predicted molar refractivity (Wildman–Crippen MR) is 140 cm³/mol. The molecule has 0 saturated carbocycles. The summed E-state index contributed by atoms with van der Waals surface area (Å²) >= 11 is 8.62. The molecule has 0 atom stereocenters. The van der Waals surface area contributed by atoms with Gasteiger partial charge in [-0.25, -0.2) is 0 Å². The first-order chi connectivity index (χ1) is 15.2. The van der Waals surface area contributed by atoms with Gasteiger partial charge in [-0.1, -0.05) is 36.4 Å². The molecule has 0 unspecified atom stereocenters. The Morgan fingerprint density at radius 1 is 0.871 bits per heavy atom. The van der Waals surface area contributed by atoms with Crippen molar-refractivity contribution >= 4 is 71.1 Å². The van der Waals surface area contributed by atoms with E-state index in [0.717, 1.165) is 17.6 Å². The van der Waals surface area contributed by atoms with Gasteiger partial charge in [-0.2, -0.15) is 6.67 Å². The van der Waals surface area contributed by atoms with E-state index in [1.807, 2.05) is 29.4 Å². The van der Waals surface area contributed by atoms with E-state index in [1.165, 1.54) is 21.5 Å². The van der Waals surface area contributed by atoms with Crippen molar-refractivity contribution in [2.45, 2.75) is 0 Å². The first-order valence-electron chi connectivity index (χ1n) is 9.40. The minimum Gasteiger partial charge on any atom is -0.126 e. The van der Waals surface area contributed by atoms with Crippen molar-refractivity contribution in [2.24, 2.45) is 0 Å². The van der Waals surface area contributed by atoms with Crippen LogP contribution in [0.1, 0.15) is 0 Å². The van der Waals surface area contributed by atoms with Crippen LogP contribution in [0.25, 0.3) is 21.5 Å². The van der Waals surface area contributed by atoms with Crippen LogP contribution in [0, 0.1) is 6.67 Å². The van der Waals surface area contributed by atoms with Gasteiger partial charge < -0.3 is 8.61 Å². The van der Waals surface area contributed by atoms with E-state index in [2.05, 4.69) is 113 Å². The maximum Gasteiger partial charge on any atom is -0.0771 e. The number of fused-ring (bicyclic) bond motifs is 3. The molecule has 0 spiro atoms. The zero-order valence-corrected chi connectivity index (χ0v) is 23.0. The monoisotopic (exact) mass is 622 g/mol. The van der Waals surface area contributed by atoms with Crippen LogP contribution in [0.3, 0.4) is 0 Å². The van der Waals surface area contributed by atoms with Gasteiger partial charge in [0.1, 0.15) is 0 Å². The standard InChI is InChI=1S/C13H9.C5H4BrN.C5H11N2S2.ClH.Ru/c1-3-7-12-10(5-1)9-11-6-2-4-8-13(11)12;6-5-2-1-3-7-4-5;1-8-6-3-4-7(5-6)9-2;;/h1-9H;1-4H;5H,3-4H2,1-2H3;1H;/q-1;;-1;;+3/p-1. The molecular formula is C23H24BrClN3RuS2. The van der Waals surface area contributed by atoms with Gasteiger partial charge in [0.2, 0.25) is 0 Å². The minimum absolute atomic E-state index is 1.02. The zero-order valence-electron chi connectivity index (χ0n) is 17.3. The van der Waals surface area contributed by atoms with Gasteiger partial charge in [0.05, 0.1) is 0 Å². The number of benzene rings is 2. The molecule has 2 heterocycles. The largest absolute Gasteiger partial charge is 0.126 e. The van der Waals surface area contributed by atoms with Crippen molar-refractivity contribution in [3.63, 3.8) is 0 Å². The van der Waals surface area contributed by atoms with Crippen molar-refractivity contribution in [3.8, 4) is 0 Å². The maximum absolute atomic E-state index is 4.57. The number of halogens is 2. The molecule has 5 rings (SSSR count). The van der Waals surface area contributed by atoms with Crippen molar-refractivity contribution < 1.29 is 17.3 Å². The van der Waals surface area contributed by atoms with Gasteiger partial charge in [-0.3, -0.25) is 4.98 Å². The van der Waals surface area contributed by atoms with Gasteiger partial charge in [0.25, 0.3) is 0 Å². The fourth-order valence-electron chi connectivity index (χ4n) is 2.98. The van der Waals surface area contributed by atoms with Crippen molar-refractivity contribution in [1.82, 2.24) is 13.6 Å². The van der Waals surface area contributed by atoms with E-state index in [4.69, 9.17) is 0 Å². The molecule has 0 aliphatic carbocycles. The van der Waals surface area contributed by atoms with Crippen LogP contribution in [0.4, 0.5) is 0 Å². The number of rotatable bonds is 2. The summed E-state index contributed by atoms with van der Waals surface area (Å²) in [4.78, 5) is 3.84. The SMILES string of the molecule is Brc1cccnc1.CSN1[CH-]N(SC)CC1.[Cl][Ru+2].c1ccc2c(c1)[cH-]c1ccccc12. The van der Waals surface area contributed by atoms with Crippen molar-refractivity contribution in [1.29, 1.82) is 0 Å². The van der Waals surface area contributed by atoms with Gasteiger partial charge >= 0.3 is 27.0 Å². The molecule has 1 aliphatic heterocycles. The molecule has 1 aliphatic rings. The Labute approximate surface area is 216 Å². The average Bonchev–Trinajstić information content (AvgIpc) is 3.46. The van der Waals surface area contributed by atoms with Crippen LogP contribution in [0.15, 0.2) is 83.6 Å². The third-order valence-electron chi connectivity index (χ3n) is 4.42. The second-order valence-electron chi connectivity index (χ2n) is 6.25. The summed E-state index contributed by atoms with van der Waals surface area (Å²) in [5.41, 5.74) is 0. The zero-order chi connectivity index (χ0) is 22.5. The molecule has 0 radical (unpaired) electrons. The van der Waals surface area contributed by atoms with Crippen LogP contribution >= 0.6 is 49.5 Å². The summed E-state index contributed by atoms with van der Waals surface area (Å²) in [6.45, 7) is 4.46. The van der Waals surface area contributed by atoms with E-state index in [1.54, 1.807) is 36.3 Å². The third-order valence-corrected chi connectivity index (χ3v) is 6.38. The van der Waals surface area contributed by atoms with Crippen LogP contribution < -0.4 is 0 Å². The maximum atomic E-state index is 4.57. The topological polar surface area (TPSA) is 19.4 Å².